The predicted molar refractivity (Wildman–Crippen MR) is 94.0 cm³/mol. The Hall–Kier alpha value is -1.24. The molecule has 1 aromatic carbocycles. The summed E-state index contributed by atoms with van der Waals surface area (Å²) in [4.78, 5) is 17.6. The van der Waals surface area contributed by atoms with Gasteiger partial charge in [-0.15, -0.1) is 11.3 Å². The molecule has 0 aliphatic rings. The summed E-state index contributed by atoms with van der Waals surface area (Å²) in [5.41, 5.74) is 2.13. The molecule has 2 rings (SSSR count). The van der Waals surface area contributed by atoms with Crippen molar-refractivity contribution >= 4 is 33.2 Å². The van der Waals surface area contributed by atoms with Crippen molar-refractivity contribution in [3.8, 4) is 10.6 Å². The number of nitrogens with one attached hydrogen (secondary N) is 2. The van der Waals surface area contributed by atoms with Crippen molar-refractivity contribution in [1.82, 2.24) is 10.3 Å². The highest BCUT2D eigenvalue weighted by Crippen LogP contribution is 2.25. The highest BCUT2D eigenvalue weighted by molar-refractivity contribution is 9.10. The molecule has 0 saturated carbocycles. The summed E-state index contributed by atoms with van der Waals surface area (Å²) in [5.74, 6) is 0.0787. The number of rotatable bonds is 6. The van der Waals surface area contributed by atoms with Crippen LogP contribution in [0.25, 0.3) is 10.6 Å². The Kier molecular flexibility index (Phi) is 6.11. The van der Waals surface area contributed by atoms with E-state index in [2.05, 4.69) is 43.7 Å². The van der Waals surface area contributed by atoms with Crippen LogP contribution in [0.15, 0.2) is 34.1 Å². The molecule has 1 unspecified atom stereocenters. The Labute approximate surface area is 143 Å². The van der Waals surface area contributed by atoms with Crippen molar-refractivity contribution in [2.24, 2.45) is 0 Å². The number of quaternary nitrogens is 1. The van der Waals surface area contributed by atoms with Crippen LogP contribution in [0.4, 0.5) is 0 Å². The first-order chi connectivity index (χ1) is 10.4. The minimum absolute atomic E-state index is 0.0787. The predicted octanol–water partition coefficient (Wildman–Crippen LogP) is 2.11. The number of carbonyl (C=O) groups is 1. The molecule has 2 aromatic rings. The zero-order valence-electron chi connectivity index (χ0n) is 13.0. The van der Waals surface area contributed by atoms with Gasteiger partial charge in [-0.05, 0) is 26.0 Å². The first-order valence-corrected chi connectivity index (χ1v) is 8.92. The molecule has 0 aliphatic heterocycles. The third-order valence-electron chi connectivity index (χ3n) is 3.02. The summed E-state index contributed by atoms with van der Waals surface area (Å²) in [5, 5.41) is 5.99. The summed E-state index contributed by atoms with van der Waals surface area (Å²) >= 11 is 5.12. The number of carbonyl (C=O) groups excluding carboxylic acids is 1. The van der Waals surface area contributed by atoms with Crippen molar-refractivity contribution < 1.29 is 9.69 Å². The molecule has 0 fully saturated rings. The van der Waals surface area contributed by atoms with Gasteiger partial charge in [-0.2, -0.15) is 0 Å². The average molecular weight is 383 g/mol. The Bertz CT molecular complexity index is 642. The van der Waals surface area contributed by atoms with Crippen LogP contribution in [-0.4, -0.2) is 30.5 Å². The number of halogens is 1. The second-order valence-electron chi connectivity index (χ2n) is 5.69. The summed E-state index contributed by atoms with van der Waals surface area (Å²) in [6.07, 6.45) is 0. The number of amides is 1. The molecular formula is C16H21BrN3OS+. The molecule has 0 spiro atoms. The molecule has 6 heteroatoms. The summed E-state index contributed by atoms with van der Waals surface area (Å²) in [7, 11) is 2.01. The van der Waals surface area contributed by atoms with E-state index in [9.17, 15) is 4.79 Å². The van der Waals surface area contributed by atoms with Crippen LogP contribution in [0.1, 0.15) is 19.5 Å². The highest BCUT2D eigenvalue weighted by Gasteiger charge is 2.13. The topological polar surface area (TPSA) is 46.4 Å². The monoisotopic (exact) mass is 382 g/mol. The summed E-state index contributed by atoms with van der Waals surface area (Å²) in [6, 6.07) is 8.31. The summed E-state index contributed by atoms with van der Waals surface area (Å²) in [6.45, 7) is 5.15. The van der Waals surface area contributed by atoms with Gasteiger partial charge in [0.05, 0.1) is 7.05 Å². The molecule has 1 heterocycles. The molecule has 22 heavy (non-hydrogen) atoms. The van der Waals surface area contributed by atoms with Crippen LogP contribution in [0.5, 0.6) is 0 Å². The number of nitrogens with zero attached hydrogens (tertiary/aromatic N) is 1. The van der Waals surface area contributed by atoms with E-state index in [1.807, 2.05) is 33.0 Å². The van der Waals surface area contributed by atoms with E-state index in [0.29, 0.717) is 6.54 Å². The molecule has 1 amide bonds. The number of likely N-dealkylation sites (N-methyl/N-ethyl adjacent to an activating group) is 1. The average Bonchev–Trinajstić information content (AvgIpc) is 2.85. The van der Waals surface area contributed by atoms with Crippen LogP contribution >= 0.6 is 27.3 Å². The van der Waals surface area contributed by atoms with Crippen molar-refractivity contribution in [1.29, 1.82) is 0 Å². The number of benzene rings is 1. The minimum atomic E-state index is 0.0787. The molecule has 2 N–H and O–H groups in total. The molecule has 0 aliphatic carbocycles. The minimum Gasteiger partial charge on any atom is -0.349 e. The lowest BCUT2D eigenvalue weighted by Crippen LogP contribution is -3.09. The van der Waals surface area contributed by atoms with Crippen LogP contribution < -0.4 is 10.2 Å². The van der Waals surface area contributed by atoms with E-state index in [0.717, 1.165) is 32.2 Å². The van der Waals surface area contributed by atoms with E-state index in [1.165, 1.54) is 0 Å². The fraction of sp³-hybridized carbons (Fsp3) is 0.375. The lowest BCUT2D eigenvalue weighted by Gasteiger charge is -2.13. The van der Waals surface area contributed by atoms with Crippen LogP contribution in [0.3, 0.4) is 0 Å². The molecule has 0 radical (unpaired) electrons. The first kappa shape index (κ1) is 17.1. The largest absolute Gasteiger partial charge is 0.349 e. The second kappa shape index (κ2) is 7.85. The number of aromatic nitrogens is 1. The number of hydrogen-bond donors (Lipinski definition) is 2. The fourth-order valence-electron chi connectivity index (χ4n) is 2.16. The van der Waals surface area contributed by atoms with E-state index in [1.54, 1.807) is 11.3 Å². The molecular weight excluding hydrogens is 362 g/mol. The van der Waals surface area contributed by atoms with Gasteiger partial charge in [-0.25, -0.2) is 4.98 Å². The van der Waals surface area contributed by atoms with Gasteiger partial charge in [-0.3, -0.25) is 4.79 Å². The van der Waals surface area contributed by atoms with Crippen LogP contribution in [0, 0.1) is 0 Å². The molecule has 1 aromatic heterocycles. The summed E-state index contributed by atoms with van der Waals surface area (Å²) < 4.78 is 1.05. The highest BCUT2D eigenvalue weighted by atomic mass is 79.9. The Balaban J connectivity index is 1.96. The fourth-order valence-corrected chi connectivity index (χ4v) is 3.38. The van der Waals surface area contributed by atoms with E-state index < -0.39 is 0 Å². The standard InChI is InChI=1S/C16H20BrN3OS/c1-11(2)18-15(21)9-20(3)8-14-10-22-16(19-14)12-5-4-6-13(17)7-12/h4-7,10-11H,8-9H2,1-3H3,(H,18,21)/p+1. The van der Waals surface area contributed by atoms with Crippen molar-refractivity contribution in [2.75, 3.05) is 13.6 Å². The number of thiazole rings is 1. The smallest absolute Gasteiger partial charge is 0.275 e. The maximum absolute atomic E-state index is 11.8. The van der Waals surface area contributed by atoms with E-state index in [4.69, 9.17) is 0 Å². The SMILES string of the molecule is CC(C)NC(=O)C[NH+](C)Cc1csc(-c2cccc(Br)c2)n1. The Morgan fingerprint density at radius 1 is 1.45 bits per heavy atom. The third kappa shape index (κ3) is 5.19. The van der Waals surface area contributed by atoms with Gasteiger partial charge < -0.3 is 10.2 Å². The third-order valence-corrected chi connectivity index (χ3v) is 4.45. The lowest BCUT2D eigenvalue weighted by molar-refractivity contribution is -0.885. The lowest BCUT2D eigenvalue weighted by atomic mass is 10.2. The Morgan fingerprint density at radius 2 is 2.23 bits per heavy atom. The van der Waals surface area contributed by atoms with Gasteiger partial charge in [0.2, 0.25) is 0 Å². The molecule has 0 saturated heterocycles. The van der Waals surface area contributed by atoms with Gasteiger partial charge >= 0.3 is 0 Å². The van der Waals surface area contributed by atoms with Gasteiger partial charge in [0.1, 0.15) is 17.2 Å². The van der Waals surface area contributed by atoms with Crippen molar-refractivity contribution in [2.45, 2.75) is 26.4 Å². The van der Waals surface area contributed by atoms with Crippen molar-refractivity contribution in [3.05, 3.63) is 39.8 Å². The van der Waals surface area contributed by atoms with Crippen molar-refractivity contribution in [3.63, 3.8) is 0 Å². The second-order valence-corrected chi connectivity index (χ2v) is 7.46. The van der Waals surface area contributed by atoms with Crippen LogP contribution in [-0.2, 0) is 11.3 Å². The Morgan fingerprint density at radius 3 is 2.91 bits per heavy atom. The van der Waals surface area contributed by atoms with E-state index >= 15 is 0 Å². The maximum atomic E-state index is 11.8. The molecule has 0 bridgehead atoms. The molecule has 118 valence electrons. The maximum Gasteiger partial charge on any atom is 0.275 e. The zero-order chi connectivity index (χ0) is 16.1. The molecule has 1 atom stereocenters. The van der Waals surface area contributed by atoms with Gasteiger partial charge in [-0.1, -0.05) is 28.1 Å². The van der Waals surface area contributed by atoms with Gasteiger partial charge in [0, 0.05) is 21.5 Å². The first-order valence-electron chi connectivity index (χ1n) is 7.25. The zero-order valence-corrected chi connectivity index (χ0v) is 15.4. The van der Waals surface area contributed by atoms with Gasteiger partial charge in [0.15, 0.2) is 6.54 Å². The number of hydrogen-bond acceptors (Lipinski definition) is 3. The van der Waals surface area contributed by atoms with E-state index in [-0.39, 0.29) is 11.9 Å². The van der Waals surface area contributed by atoms with Gasteiger partial charge in [0.25, 0.3) is 5.91 Å². The quantitative estimate of drug-likeness (QED) is 0.803. The normalized spacial score (nSPS) is 12.4. The molecule has 4 nitrogen and oxygen atoms in total. The van der Waals surface area contributed by atoms with Crippen LogP contribution in [0.2, 0.25) is 0 Å².